The molecule has 2 aliphatic rings. The Morgan fingerprint density at radius 3 is 2.29 bits per heavy atom. The fourth-order valence-corrected chi connectivity index (χ4v) is 8.03. The molecule has 0 radical (unpaired) electrons. The van der Waals surface area contributed by atoms with Gasteiger partial charge in [-0.25, -0.2) is 4.98 Å². The van der Waals surface area contributed by atoms with Gasteiger partial charge in [-0.05, 0) is 34.7 Å². The van der Waals surface area contributed by atoms with Crippen LogP contribution in [-0.4, -0.2) is 102 Å². The summed E-state index contributed by atoms with van der Waals surface area (Å²) in [4.78, 5) is 86.5. The van der Waals surface area contributed by atoms with Gasteiger partial charge in [-0.1, -0.05) is 105 Å². The molecule has 5 amide bonds. The molecule has 0 spiro atoms. The molecule has 1 unspecified atom stereocenters. The number of amidine groups is 1. The summed E-state index contributed by atoms with van der Waals surface area (Å²) in [6, 6.07) is 4.44. The lowest BCUT2D eigenvalue weighted by atomic mass is 9.82. The van der Waals surface area contributed by atoms with E-state index >= 15 is 0 Å². The third kappa shape index (κ3) is 11.6. The smallest absolute Gasteiger partial charge is 0.244 e. The Balaban J connectivity index is 1.75. The van der Waals surface area contributed by atoms with E-state index in [9.17, 15) is 24.0 Å². The maximum absolute atomic E-state index is 14.8. The molecule has 3 heterocycles. The number of rotatable bonds is 12. The van der Waals surface area contributed by atoms with E-state index in [1.54, 1.807) is 17.3 Å². The predicted molar refractivity (Wildman–Crippen MR) is 226 cm³/mol. The molecule has 318 valence electrons. The molecule has 0 aliphatic carbocycles. The second kappa shape index (κ2) is 19.7. The minimum atomic E-state index is -1.04. The van der Waals surface area contributed by atoms with Crippen LogP contribution in [0.3, 0.4) is 0 Å². The van der Waals surface area contributed by atoms with Gasteiger partial charge in [0.05, 0.1) is 12.1 Å². The summed E-state index contributed by atoms with van der Waals surface area (Å²) in [5, 5.41) is 22.0. The number of carbonyl (C=O) groups excluding carboxylic acids is 5. The summed E-state index contributed by atoms with van der Waals surface area (Å²) >= 11 is 1.39. The molecule has 4 rings (SSSR count). The molecule has 58 heavy (non-hydrogen) atoms. The number of aliphatic imine (C=N–C) groups is 1. The van der Waals surface area contributed by atoms with E-state index in [1.165, 1.54) is 18.4 Å². The van der Waals surface area contributed by atoms with Crippen LogP contribution in [-0.2, 0) is 28.8 Å². The number of nitrogens with one attached hydrogen (secondary N) is 5. The first-order valence-corrected chi connectivity index (χ1v) is 20.9. The fraction of sp³-hybridized carbons (Fsp3) is 0.619. The minimum absolute atomic E-state index is 0.112. The average molecular weight is 822 g/mol. The van der Waals surface area contributed by atoms with Gasteiger partial charge in [-0.3, -0.25) is 29.0 Å². The Morgan fingerprint density at radius 1 is 1.02 bits per heavy atom. The van der Waals surface area contributed by atoms with Gasteiger partial charge in [0, 0.05) is 36.7 Å². The Labute approximate surface area is 347 Å². The zero-order valence-corrected chi connectivity index (χ0v) is 36.6. The van der Waals surface area contributed by atoms with Crippen molar-refractivity contribution in [2.24, 2.45) is 32.8 Å². The molecule has 0 bridgehead atoms. The molecule has 5 N–H and O–H groups in total. The molecule has 1 aromatic carbocycles. The highest BCUT2D eigenvalue weighted by atomic mass is 32.1. The fourth-order valence-electron chi connectivity index (χ4n) is 7.33. The number of carbonyl (C=O) groups is 5. The number of oxime groups is 1. The SMILES string of the molecule is CO/N=C/C[C@H](NC(=O)[C@@H](NC(=O)[C@@H](NC1=NCC(=O)N2CC[C@@H](C)[C@H]2C(=O)N[C@@H](C(C)C)C(=O)N[C@H]1C(C)(C)C)C(C)(C)C)C(C)c1ccccc1)c1nccs1. The van der Waals surface area contributed by atoms with Crippen molar-refractivity contribution < 1.29 is 28.8 Å². The highest BCUT2D eigenvalue weighted by molar-refractivity contribution is 7.09. The first-order valence-electron chi connectivity index (χ1n) is 20.1. The molecule has 2 aliphatic heterocycles. The number of aromatic nitrogens is 1. The lowest BCUT2D eigenvalue weighted by Gasteiger charge is -2.39. The number of nitrogens with zero attached hydrogens (tertiary/aromatic N) is 4. The predicted octanol–water partition coefficient (Wildman–Crippen LogP) is 3.94. The standard InChI is InChI=1S/C42H63N9O6S/c1-24(2)30-36(53)50-33(41(5,6)7)35(44-23-29(52)51-21-18-25(3)32(51)38(55)47-30)49-34(42(8,9)10)39(56)48-31(26(4)27-15-13-12-14-16-27)37(54)46-28(17-19-45-57-11)40-43-20-22-58-40/h12-16,19-20,22,24-26,28,30-34H,17-18,21,23H2,1-11H3,(H,44,49)(H,46,54)(H,47,55)(H,48,56)(H,50,53)/b45-19+/t25-,26?,28+,30+,31+,32+,33-,34-/m1/s1. The summed E-state index contributed by atoms with van der Waals surface area (Å²) in [5.74, 6) is -2.62. The van der Waals surface area contributed by atoms with Gasteiger partial charge in [-0.15, -0.1) is 11.3 Å². The number of amides is 5. The van der Waals surface area contributed by atoms with Gasteiger partial charge < -0.3 is 36.3 Å². The van der Waals surface area contributed by atoms with Crippen LogP contribution in [0.1, 0.15) is 105 Å². The van der Waals surface area contributed by atoms with Crippen LogP contribution in [0.2, 0.25) is 0 Å². The monoisotopic (exact) mass is 821 g/mol. The van der Waals surface area contributed by atoms with Crippen molar-refractivity contribution in [2.75, 3.05) is 20.2 Å². The molecule has 1 aromatic heterocycles. The van der Waals surface area contributed by atoms with Crippen LogP contribution < -0.4 is 26.6 Å². The van der Waals surface area contributed by atoms with Crippen molar-refractivity contribution >= 4 is 52.9 Å². The summed E-state index contributed by atoms with van der Waals surface area (Å²) in [7, 11) is 1.44. The van der Waals surface area contributed by atoms with Gasteiger partial charge >= 0.3 is 0 Å². The van der Waals surface area contributed by atoms with Gasteiger partial charge in [0.2, 0.25) is 29.5 Å². The van der Waals surface area contributed by atoms with E-state index < -0.39 is 70.7 Å². The lowest BCUT2D eigenvalue weighted by Crippen LogP contribution is -2.65. The Kier molecular flexibility index (Phi) is 15.6. The molecule has 1 saturated heterocycles. The van der Waals surface area contributed by atoms with Crippen LogP contribution in [0.5, 0.6) is 0 Å². The van der Waals surface area contributed by atoms with Crippen molar-refractivity contribution in [3.8, 4) is 0 Å². The second-order valence-electron chi connectivity index (χ2n) is 17.8. The second-order valence-corrected chi connectivity index (χ2v) is 18.7. The molecular formula is C42H63N9O6S. The van der Waals surface area contributed by atoms with Gasteiger partial charge in [-0.2, -0.15) is 0 Å². The minimum Gasteiger partial charge on any atom is -0.399 e. The summed E-state index contributed by atoms with van der Waals surface area (Å²) < 4.78 is 0. The summed E-state index contributed by atoms with van der Waals surface area (Å²) in [6.45, 7) is 19.0. The van der Waals surface area contributed by atoms with Crippen molar-refractivity contribution in [3.63, 3.8) is 0 Å². The molecule has 2 aromatic rings. The first-order chi connectivity index (χ1) is 27.2. The normalized spacial score (nSPS) is 23.0. The summed E-state index contributed by atoms with van der Waals surface area (Å²) in [6.07, 6.45) is 4.15. The van der Waals surface area contributed by atoms with Gasteiger partial charge in [0.15, 0.2) is 0 Å². The van der Waals surface area contributed by atoms with Crippen molar-refractivity contribution in [3.05, 3.63) is 52.5 Å². The summed E-state index contributed by atoms with van der Waals surface area (Å²) in [5.41, 5.74) is -0.604. The van der Waals surface area contributed by atoms with Crippen molar-refractivity contribution in [1.29, 1.82) is 0 Å². The number of fused-ring (bicyclic) bond motifs is 1. The van der Waals surface area contributed by atoms with E-state index in [0.717, 1.165) is 5.56 Å². The largest absolute Gasteiger partial charge is 0.399 e. The van der Waals surface area contributed by atoms with E-state index in [4.69, 9.17) is 9.83 Å². The zero-order chi connectivity index (χ0) is 42.9. The Hall–Kier alpha value is -4.86. The quantitative estimate of drug-likeness (QED) is 0.157. The van der Waals surface area contributed by atoms with E-state index in [2.05, 4.69) is 36.7 Å². The third-order valence-corrected chi connectivity index (χ3v) is 11.6. The van der Waals surface area contributed by atoms with Crippen LogP contribution in [0, 0.1) is 22.7 Å². The Morgan fingerprint density at radius 2 is 1.71 bits per heavy atom. The number of thiazole rings is 1. The average Bonchev–Trinajstić information content (AvgIpc) is 3.83. The zero-order valence-electron chi connectivity index (χ0n) is 35.8. The van der Waals surface area contributed by atoms with Crippen LogP contribution >= 0.6 is 11.3 Å². The maximum atomic E-state index is 14.8. The van der Waals surface area contributed by atoms with Crippen molar-refractivity contribution in [1.82, 2.24) is 36.5 Å². The van der Waals surface area contributed by atoms with Crippen molar-refractivity contribution in [2.45, 2.75) is 124 Å². The topological polar surface area (TPSA) is 196 Å². The molecule has 8 atom stereocenters. The third-order valence-electron chi connectivity index (χ3n) is 10.8. The van der Waals surface area contributed by atoms with E-state index in [0.29, 0.717) is 24.4 Å². The molecule has 1 fully saturated rings. The van der Waals surface area contributed by atoms with E-state index in [-0.39, 0.29) is 36.0 Å². The van der Waals surface area contributed by atoms with Crippen LogP contribution in [0.4, 0.5) is 0 Å². The highest BCUT2D eigenvalue weighted by Gasteiger charge is 2.44. The van der Waals surface area contributed by atoms with E-state index in [1.807, 2.05) is 105 Å². The first kappa shape index (κ1) is 45.8. The molecular weight excluding hydrogens is 759 g/mol. The lowest BCUT2D eigenvalue weighted by molar-refractivity contribution is -0.140. The van der Waals surface area contributed by atoms with Crippen LogP contribution in [0.25, 0.3) is 0 Å². The Bertz CT molecular complexity index is 1790. The van der Waals surface area contributed by atoms with Crippen LogP contribution in [0.15, 0.2) is 52.1 Å². The maximum Gasteiger partial charge on any atom is 0.244 e. The molecule has 16 heteroatoms. The number of benzene rings is 1. The number of hydrogen-bond donors (Lipinski definition) is 5. The molecule has 15 nitrogen and oxygen atoms in total. The van der Waals surface area contributed by atoms with Gasteiger partial charge in [0.25, 0.3) is 0 Å². The van der Waals surface area contributed by atoms with Gasteiger partial charge in [0.1, 0.15) is 48.7 Å². The highest BCUT2D eigenvalue weighted by Crippen LogP contribution is 2.29. The molecule has 0 saturated carbocycles. The number of hydrogen-bond acceptors (Lipinski definition) is 11.